The molecule has 2 aromatic rings. The first-order valence-electron chi connectivity index (χ1n) is 6.44. The van der Waals surface area contributed by atoms with Crippen LogP contribution < -0.4 is 4.90 Å². The molecule has 1 aliphatic rings. The molecule has 3 nitrogen and oxygen atoms in total. The van der Waals surface area contributed by atoms with Crippen LogP contribution in [0.3, 0.4) is 0 Å². The third-order valence-electron chi connectivity index (χ3n) is 3.10. The first-order chi connectivity index (χ1) is 11.0. The molecule has 0 unspecified atom stereocenters. The van der Waals surface area contributed by atoms with Crippen molar-refractivity contribution in [2.75, 3.05) is 4.90 Å². The zero-order valence-corrected chi connectivity index (χ0v) is 14.5. The molecule has 0 spiro atoms. The van der Waals surface area contributed by atoms with Crippen LogP contribution in [0.25, 0.3) is 6.08 Å². The van der Waals surface area contributed by atoms with E-state index in [0.29, 0.717) is 20.6 Å². The number of carbonyl (C=O) groups excluding carboxylic acids is 2. The summed E-state index contributed by atoms with van der Waals surface area (Å²) in [6.07, 6.45) is 1.63. The lowest BCUT2D eigenvalue weighted by Gasteiger charge is -2.13. The number of hydrogen-bond donors (Lipinski definition) is 0. The maximum absolute atomic E-state index is 12.5. The Morgan fingerprint density at radius 2 is 1.74 bits per heavy atom. The van der Waals surface area contributed by atoms with Crippen molar-refractivity contribution in [1.82, 2.24) is 0 Å². The first-order valence-corrected chi connectivity index (χ1v) is 8.39. The molecule has 116 valence electrons. The molecule has 2 amide bonds. The van der Waals surface area contributed by atoms with Crippen molar-refractivity contribution in [3.05, 3.63) is 68.0 Å². The molecule has 1 saturated heterocycles. The normalized spacial score (nSPS) is 16.5. The average Bonchev–Trinajstić information content (AvgIpc) is 2.77. The van der Waals surface area contributed by atoms with E-state index in [-0.39, 0.29) is 10.3 Å². The molecule has 0 N–H and O–H groups in total. The quantitative estimate of drug-likeness (QED) is 0.606. The van der Waals surface area contributed by atoms with E-state index in [2.05, 4.69) is 0 Å². The Balaban J connectivity index is 1.95. The molecule has 1 aliphatic heterocycles. The number of benzene rings is 2. The fourth-order valence-corrected chi connectivity index (χ4v) is 3.39. The van der Waals surface area contributed by atoms with Crippen molar-refractivity contribution in [2.24, 2.45) is 0 Å². The molecule has 1 fully saturated rings. The maximum atomic E-state index is 12.5. The number of imide groups is 1. The van der Waals surface area contributed by atoms with E-state index in [1.807, 2.05) is 0 Å². The van der Waals surface area contributed by atoms with E-state index in [9.17, 15) is 9.59 Å². The van der Waals surface area contributed by atoms with Crippen molar-refractivity contribution in [2.45, 2.75) is 0 Å². The Kier molecular flexibility index (Phi) is 4.69. The predicted molar refractivity (Wildman–Crippen MR) is 96.4 cm³/mol. The van der Waals surface area contributed by atoms with Crippen LogP contribution in [0.15, 0.2) is 47.4 Å². The fraction of sp³-hybridized carbons (Fsp3) is 0. The van der Waals surface area contributed by atoms with Crippen LogP contribution in [0.1, 0.15) is 5.56 Å². The van der Waals surface area contributed by atoms with Gasteiger partial charge in [0.15, 0.2) is 0 Å². The minimum Gasteiger partial charge on any atom is -0.268 e. The molecule has 0 aromatic heterocycles. The minimum atomic E-state index is -0.404. The summed E-state index contributed by atoms with van der Waals surface area (Å²) in [6, 6.07) is 11.6. The van der Waals surface area contributed by atoms with Gasteiger partial charge in [0, 0.05) is 5.02 Å². The highest BCUT2D eigenvalue weighted by Crippen LogP contribution is 2.37. The lowest BCUT2D eigenvalue weighted by atomic mass is 10.2. The molecule has 23 heavy (non-hydrogen) atoms. The van der Waals surface area contributed by atoms with Gasteiger partial charge in [-0.2, -0.15) is 0 Å². The van der Waals surface area contributed by atoms with Crippen molar-refractivity contribution in [3.63, 3.8) is 0 Å². The molecular weight excluding hydrogens is 377 g/mol. The number of halogens is 3. The van der Waals surface area contributed by atoms with Gasteiger partial charge in [0.25, 0.3) is 11.1 Å². The Morgan fingerprint density at radius 1 is 0.957 bits per heavy atom. The zero-order valence-electron chi connectivity index (χ0n) is 11.4. The highest BCUT2D eigenvalue weighted by atomic mass is 35.5. The highest BCUT2D eigenvalue weighted by Gasteiger charge is 2.36. The summed E-state index contributed by atoms with van der Waals surface area (Å²) in [6.45, 7) is 0. The number of carbonyl (C=O) groups is 2. The molecule has 0 saturated carbocycles. The zero-order chi connectivity index (χ0) is 16.6. The summed E-state index contributed by atoms with van der Waals surface area (Å²) in [7, 11) is 0. The number of rotatable bonds is 2. The summed E-state index contributed by atoms with van der Waals surface area (Å²) in [5.41, 5.74) is 1.13. The number of hydrogen-bond acceptors (Lipinski definition) is 3. The summed E-state index contributed by atoms with van der Waals surface area (Å²) >= 11 is 18.6. The largest absolute Gasteiger partial charge is 0.298 e. The minimum absolute atomic E-state index is 0.280. The third-order valence-corrected chi connectivity index (χ3v) is 4.95. The van der Waals surface area contributed by atoms with E-state index in [1.54, 1.807) is 42.5 Å². The number of anilines is 1. The maximum Gasteiger partial charge on any atom is 0.298 e. The van der Waals surface area contributed by atoms with Gasteiger partial charge in [-0.05, 0) is 53.7 Å². The first kappa shape index (κ1) is 16.4. The van der Waals surface area contributed by atoms with Gasteiger partial charge in [-0.15, -0.1) is 0 Å². The Labute approximate surface area is 151 Å². The monoisotopic (exact) mass is 383 g/mol. The molecular formula is C16H8Cl3NO2S. The van der Waals surface area contributed by atoms with Gasteiger partial charge in [-0.1, -0.05) is 46.9 Å². The predicted octanol–water partition coefficient (Wildman–Crippen LogP) is 5.89. The number of amides is 2. The van der Waals surface area contributed by atoms with E-state index >= 15 is 0 Å². The van der Waals surface area contributed by atoms with Gasteiger partial charge < -0.3 is 0 Å². The molecule has 3 rings (SSSR count). The van der Waals surface area contributed by atoms with Crippen LogP contribution in [0.4, 0.5) is 10.5 Å². The second-order valence-electron chi connectivity index (χ2n) is 4.67. The summed E-state index contributed by atoms with van der Waals surface area (Å²) in [4.78, 5) is 26.1. The summed E-state index contributed by atoms with van der Waals surface area (Å²) in [5.74, 6) is -0.404. The van der Waals surface area contributed by atoms with Crippen molar-refractivity contribution in [1.29, 1.82) is 0 Å². The van der Waals surface area contributed by atoms with Crippen LogP contribution in [0, 0.1) is 0 Å². The van der Waals surface area contributed by atoms with Crippen molar-refractivity contribution in [3.8, 4) is 0 Å². The van der Waals surface area contributed by atoms with E-state index in [4.69, 9.17) is 34.8 Å². The summed E-state index contributed by atoms with van der Waals surface area (Å²) in [5, 5.41) is 0.808. The van der Waals surface area contributed by atoms with E-state index < -0.39 is 5.91 Å². The van der Waals surface area contributed by atoms with Crippen LogP contribution in [-0.4, -0.2) is 11.1 Å². The Morgan fingerprint density at radius 3 is 2.43 bits per heavy atom. The number of nitrogens with zero attached hydrogens (tertiary/aromatic N) is 1. The number of thioether (sulfide) groups is 1. The van der Waals surface area contributed by atoms with Gasteiger partial charge in [-0.25, -0.2) is 4.90 Å². The average molecular weight is 385 g/mol. The van der Waals surface area contributed by atoms with Gasteiger partial charge >= 0.3 is 0 Å². The Hall–Kier alpha value is -1.46. The van der Waals surface area contributed by atoms with Gasteiger partial charge in [0.1, 0.15) is 0 Å². The smallest absolute Gasteiger partial charge is 0.268 e. The van der Waals surface area contributed by atoms with Crippen LogP contribution >= 0.6 is 46.6 Å². The summed E-state index contributed by atoms with van der Waals surface area (Å²) < 4.78 is 0. The molecule has 0 atom stereocenters. The molecule has 0 radical (unpaired) electrons. The van der Waals surface area contributed by atoms with Crippen LogP contribution in [-0.2, 0) is 4.79 Å². The SMILES string of the molecule is O=C1S/C(=C\c2cccc(Cl)c2)C(=O)N1c1ccc(Cl)c(Cl)c1. The fourth-order valence-electron chi connectivity index (χ4n) is 2.06. The van der Waals surface area contributed by atoms with Crippen molar-refractivity contribution < 1.29 is 9.59 Å². The van der Waals surface area contributed by atoms with Gasteiger partial charge in [-0.3, -0.25) is 9.59 Å². The van der Waals surface area contributed by atoms with E-state index in [1.165, 1.54) is 6.07 Å². The van der Waals surface area contributed by atoms with Crippen LogP contribution in [0.2, 0.25) is 15.1 Å². The highest BCUT2D eigenvalue weighted by molar-refractivity contribution is 8.19. The van der Waals surface area contributed by atoms with Crippen molar-refractivity contribution >= 4 is 69.5 Å². The molecule has 0 bridgehead atoms. The standard InChI is InChI=1S/C16H8Cl3NO2S/c17-10-3-1-2-9(6-10)7-14-15(21)20(16(22)23-14)11-4-5-12(18)13(19)8-11/h1-8H/b14-7-. The second-order valence-corrected chi connectivity index (χ2v) is 6.91. The third kappa shape index (κ3) is 3.40. The molecule has 2 aromatic carbocycles. The topological polar surface area (TPSA) is 37.4 Å². The molecule has 1 heterocycles. The van der Waals surface area contributed by atoms with Crippen LogP contribution in [0.5, 0.6) is 0 Å². The molecule has 7 heteroatoms. The second kappa shape index (κ2) is 6.57. The Bertz CT molecular complexity index is 851. The van der Waals surface area contributed by atoms with Gasteiger partial charge in [0.05, 0.1) is 20.6 Å². The lowest BCUT2D eigenvalue weighted by Crippen LogP contribution is -2.27. The molecule has 0 aliphatic carbocycles. The van der Waals surface area contributed by atoms with Gasteiger partial charge in [0.2, 0.25) is 0 Å². The van der Waals surface area contributed by atoms with E-state index in [0.717, 1.165) is 22.2 Å². The lowest BCUT2D eigenvalue weighted by molar-refractivity contribution is -0.113.